The van der Waals surface area contributed by atoms with Crippen molar-refractivity contribution in [1.82, 2.24) is 0 Å². The summed E-state index contributed by atoms with van der Waals surface area (Å²) in [7, 11) is 10.1. The lowest BCUT2D eigenvalue weighted by Gasteiger charge is -2.31. The highest BCUT2D eigenvalue weighted by Crippen LogP contribution is 2.49. The number of fused-ring (bicyclic) bond motifs is 12. The van der Waals surface area contributed by atoms with Crippen LogP contribution in [0.4, 0.5) is 13.2 Å². The molecule has 0 radical (unpaired) electrons. The molecule has 12 bridgehead atoms. The van der Waals surface area contributed by atoms with E-state index in [1.807, 2.05) is 12.1 Å². The van der Waals surface area contributed by atoms with Crippen molar-refractivity contribution in [3.63, 3.8) is 0 Å². The van der Waals surface area contributed by atoms with E-state index < -0.39 is 29.7 Å². The van der Waals surface area contributed by atoms with Crippen LogP contribution in [0.3, 0.4) is 0 Å². The molecule has 0 N–H and O–H groups in total. The summed E-state index contributed by atoms with van der Waals surface area (Å²) in [5, 5.41) is 0. The van der Waals surface area contributed by atoms with E-state index in [4.69, 9.17) is 33.2 Å². The minimum absolute atomic E-state index is 0.234. The molecule has 0 unspecified atom stereocenters. The number of halogens is 3. The Hall–Kier alpha value is -6.13. The van der Waals surface area contributed by atoms with Crippen molar-refractivity contribution in [2.45, 2.75) is 202 Å². The standard InChI is InChI=1S/C74H97F3O7/c1-68(2,3)53-30-43-25-44-31-54(69(4,5)6)33-46(62(44)79-20)27-48-35-56(71(10,11)12)37-50(64(48)81-22)29-52-39-58(73(16,17)18)41-60(66(52)83-24)67(84-42-74(75,76)77)59-40-57(72(13,14)15)38-51(65(59)82-23)28-49-36-55(70(7,8)9)34-47(63(49)80-21)26-45(32-53)61(43)78-19/h30-41,67H,25-29,42H2,1-24H3. The molecule has 0 saturated carbocycles. The molecule has 6 aromatic carbocycles. The molecule has 456 valence electrons. The minimum Gasteiger partial charge on any atom is -0.496 e. The van der Waals surface area contributed by atoms with Gasteiger partial charge in [0, 0.05) is 43.2 Å². The topological polar surface area (TPSA) is 64.6 Å². The minimum atomic E-state index is -4.67. The third-order valence-electron chi connectivity index (χ3n) is 16.7. The van der Waals surface area contributed by atoms with Crippen LogP contribution in [-0.2, 0) is 69.3 Å². The van der Waals surface area contributed by atoms with E-state index in [1.165, 1.54) is 0 Å². The molecule has 7 rings (SSSR count). The van der Waals surface area contributed by atoms with Crippen LogP contribution in [0, 0.1) is 0 Å². The highest BCUT2D eigenvalue weighted by molar-refractivity contribution is 5.62. The second kappa shape index (κ2) is 24.0. The van der Waals surface area contributed by atoms with Gasteiger partial charge in [0.15, 0.2) is 0 Å². The zero-order chi connectivity index (χ0) is 62.6. The summed E-state index contributed by atoms with van der Waals surface area (Å²) in [4.78, 5) is 0. The number of alkyl halides is 3. The highest BCUT2D eigenvalue weighted by atomic mass is 19.4. The fourth-order valence-corrected chi connectivity index (χ4v) is 11.8. The quantitative estimate of drug-likeness (QED) is 0.150. The fraction of sp³-hybridized carbons (Fsp3) is 0.514. The van der Waals surface area contributed by atoms with Gasteiger partial charge in [-0.1, -0.05) is 185 Å². The van der Waals surface area contributed by atoms with E-state index in [1.54, 1.807) is 42.7 Å². The van der Waals surface area contributed by atoms with E-state index in [9.17, 15) is 13.2 Å². The molecule has 0 heterocycles. The summed E-state index contributed by atoms with van der Waals surface area (Å²) in [6, 6.07) is 26.3. The Morgan fingerprint density at radius 2 is 0.452 bits per heavy atom. The molecule has 1 aliphatic carbocycles. The number of ether oxygens (including phenoxy) is 7. The molecule has 0 aliphatic heterocycles. The van der Waals surface area contributed by atoms with Crippen molar-refractivity contribution >= 4 is 0 Å². The predicted molar refractivity (Wildman–Crippen MR) is 338 cm³/mol. The largest absolute Gasteiger partial charge is 0.496 e. The Kier molecular flexibility index (Phi) is 18.7. The van der Waals surface area contributed by atoms with Crippen LogP contribution in [0.2, 0.25) is 0 Å². The Morgan fingerprint density at radius 3 is 0.607 bits per heavy atom. The summed E-state index contributed by atoms with van der Waals surface area (Å²) in [6.07, 6.45) is -3.87. The van der Waals surface area contributed by atoms with Gasteiger partial charge in [0.2, 0.25) is 0 Å². The van der Waals surface area contributed by atoms with Crippen molar-refractivity contribution in [2.24, 2.45) is 0 Å². The van der Waals surface area contributed by atoms with Crippen molar-refractivity contribution < 1.29 is 46.3 Å². The second-order valence-corrected chi connectivity index (χ2v) is 29.5. The number of rotatable bonds is 8. The van der Waals surface area contributed by atoms with Crippen LogP contribution in [0.25, 0.3) is 0 Å². The summed E-state index contributed by atoms with van der Waals surface area (Å²) in [6.45, 7) is 37.9. The van der Waals surface area contributed by atoms with Gasteiger partial charge in [0.05, 0.1) is 42.7 Å². The fourth-order valence-electron chi connectivity index (χ4n) is 11.8. The van der Waals surface area contributed by atoms with Crippen molar-refractivity contribution in [3.8, 4) is 34.5 Å². The maximum Gasteiger partial charge on any atom is 0.411 e. The summed E-state index contributed by atoms with van der Waals surface area (Å²) >= 11 is 0. The zero-order valence-electron chi connectivity index (χ0n) is 55.2. The summed E-state index contributed by atoms with van der Waals surface area (Å²) < 4.78 is 90.7. The first-order valence-electron chi connectivity index (χ1n) is 29.7. The van der Waals surface area contributed by atoms with Crippen LogP contribution >= 0.6 is 0 Å². The molecule has 0 atom stereocenters. The average molecular weight is 1160 g/mol. The van der Waals surface area contributed by atoms with Gasteiger partial charge in [0.25, 0.3) is 0 Å². The molecule has 6 aromatic rings. The molecule has 0 fully saturated rings. The Labute approximate surface area is 502 Å². The van der Waals surface area contributed by atoms with Gasteiger partial charge < -0.3 is 33.2 Å². The molecule has 0 saturated heterocycles. The van der Waals surface area contributed by atoms with E-state index >= 15 is 0 Å². The van der Waals surface area contributed by atoms with Crippen molar-refractivity contribution in [3.05, 3.63) is 173 Å². The van der Waals surface area contributed by atoms with Gasteiger partial charge >= 0.3 is 6.18 Å². The summed E-state index contributed by atoms with van der Waals surface area (Å²) in [5.74, 6) is 3.83. The molecule has 0 spiro atoms. The molecule has 10 heteroatoms. The number of methoxy groups -OCH3 is 6. The molecule has 1 aliphatic rings. The normalized spacial score (nSPS) is 14.2. The third kappa shape index (κ3) is 14.4. The monoisotopic (exact) mass is 1150 g/mol. The lowest BCUT2D eigenvalue weighted by molar-refractivity contribution is -0.182. The zero-order valence-corrected chi connectivity index (χ0v) is 55.2. The van der Waals surface area contributed by atoms with Gasteiger partial charge in [-0.15, -0.1) is 0 Å². The lowest BCUT2D eigenvalue weighted by Crippen LogP contribution is -2.23. The third-order valence-corrected chi connectivity index (χ3v) is 16.7. The second-order valence-electron chi connectivity index (χ2n) is 29.5. The van der Waals surface area contributed by atoms with E-state index in [0.717, 1.165) is 101 Å². The predicted octanol–water partition coefficient (Wildman–Crippen LogP) is 18.5. The Morgan fingerprint density at radius 1 is 0.286 bits per heavy atom. The van der Waals surface area contributed by atoms with Crippen LogP contribution in [0.5, 0.6) is 34.5 Å². The van der Waals surface area contributed by atoms with Gasteiger partial charge in [0.1, 0.15) is 47.2 Å². The van der Waals surface area contributed by atoms with Crippen LogP contribution < -0.4 is 28.4 Å². The lowest BCUT2D eigenvalue weighted by atomic mass is 9.79. The van der Waals surface area contributed by atoms with Gasteiger partial charge in [-0.2, -0.15) is 13.2 Å². The highest BCUT2D eigenvalue weighted by Gasteiger charge is 2.37. The number of benzene rings is 6. The number of hydrogen-bond donors (Lipinski definition) is 0. The average Bonchev–Trinajstić information content (AvgIpc) is 2.76. The smallest absolute Gasteiger partial charge is 0.411 e. The van der Waals surface area contributed by atoms with Crippen LogP contribution in [-0.4, -0.2) is 55.4 Å². The molecule has 84 heavy (non-hydrogen) atoms. The van der Waals surface area contributed by atoms with Gasteiger partial charge in [-0.3, -0.25) is 0 Å². The maximum absolute atomic E-state index is 15.0. The maximum atomic E-state index is 15.0. The molecule has 7 nitrogen and oxygen atoms in total. The number of hydrogen-bond acceptors (Lipinski definition) is 7. The SMILES string of the molecule is COc1c2cc(C(C)(C)C)cc1Cc1cc(C(C)(C)C)cc(c1OC)Cc1cc(C(C)(C)C)cc(c1OC)C(OCC(F)(F)F)c1cc(C(C)(C)C)cc(c1OC)Cc1cc(C(C)(C)C)cc(c1OC)Cc1cc(C(C)(C)C)cc(c1OC)C2. The molecule has 0 amide bonds. The van der Waals surface area contributed by atoms with Gasteiger partial charge in [-0.25, -0.2) is 0 Å². The van der Waals surface area contributed by atoms with Gasteiger partial charge in [-0.05, 0) is 134 Å². The van der Waals surface area contributed by atoms with E-state index in [2.05, 4.69) is 185 Å². The van der Waals surface area contributed by atoms with Crippen molar-refractivity contribution in [2.75, 3.05) is 49.3 Å². The molecular formula is C74H97F3O7. The Bertz CT molecular complexity index is 3160. The van der Waals surface area contributed by atoms with Crippen LogP contribution in [0.1, 0.15) is 231 Å². The van der Waals surface area contributed by atoms with Crippen molar-refractivity contribution in [1.29, 1.82) is 0 Å². The Balaban J connectivity index is 1.72. The molecular weight excluding hydrogens is 1060 g/mol. The first-order valence-corrected chi connectivity index (χ1v) is 29.7. The van der Waals surface area contributed by atoms with E-state index in [0.29, 0.717) is 66.2 Å². The first-order chi connectivity index (χ1) is 38.7. The summed E-state index contributed by atoms with van der Waals surface area (Å²) in [5.41, 5.74) is 14.6. The van der Waals surface area contributed by atoms with Crippen LogP contribution in [0.15, 0.2) is 72.8 Å². The van der Waals surface area contributed by atoms with E-state index in [-0.39, 0.29) is 21.7 Å². The molecule has 0 aromatic heterocycles. The first kappa shape index (κ1) is 65.4.